The molecule has 3 rings (SSSR count). The lowest BCUT2D eigenvalue weighted by Gasteiger charge is -2.13. The fourth-order valence-corrected chi connectivity index (χ4v) is 2.78. The first-order valence-corrected chi connectivity index (χ1v) is 9.42. The second-order valence-corrected chi connectivity index (χ2v) is 6.49. The van der Waals surface area contributed by atoms with Gasteiger partial charge in [-0.05, 0) is 30.5 Å². The van der Waals surface area contributed by atoms with Crippen LogP contribution >= 0.6 is 0 Å². The number of hydrogen-bond acceptors (Lipinski definition) is 6. The third-order valence-electron chi connectivity index (χ3n) is 4.17. The van der Waals surface area contributed by atoms with Crippen LogP contribution in [0.3, 0.4) is 0 Å². The summed E-state index contributed by atoms with van der Waals surface area (Å²) in [6.45, 7) is 3.54. The van der Waals surface area contributed by atoms with Crippen LogP contribution in [0.2, 0.25) is 0 Å². The summed E-state index contributed by atoms with van der Waals surface area (Å²) in [4.78, 5) is 16.4. The predicted octanol–water partition coefficient (Wildman–Crippen LogP) is 4.30. The highest BCUT2D eigenvalue weighted by Crippen LogP contribution is 2.22. The second-order valence-electron chi connectivity index (χ2n) is 6.49. The van der Waals surface area contributed by atoms with Crippen molar-refractivity contribution < 1.29 is 18.8 Å². The highest BCUT2D eigenvalue weighted by molar-refractivity contribution is 5.71. The van der Waals surface area contributed by atoms with Crippen LogP contribution in [-0.4, -0.2) is 22.7 Å². The molecule has 0 aliphatic rings. The summed E-state index contributed by atoms with van der Waals surface area (Å²) in [5.41, 5.74) is 2.18. The molecular formula is C22H24N2O4. The average molecular weight is 380 g/mol. The molecule has 0 saturated carbocycles. The quantitative estimate of drug-likeness (QED) is 0.515. The lowest BCUT2D eigenvalue weighted by Crippen LogP contribution is -2.17. The maximum absolute atomic E-state index is 12.2. The van der Waals surface area contributed by atoms with Gasteiger partial charge in [0.15, 0.2) is 18.5 Å². The first-order chi connectivity index (χ1) is 13.7. The van der Waals surface area contributed by atoms with E-state index >= 15 is 0 Å². The van der Waals surface area contributed by atoms with Gasteiger partial charge in [0, 0.05) is 12.8 Å². The van der Waals surface area contributed by atoms with Crippen LogP contribution < -0.4 is 4.74 Å². The number of esters is 1. The Bertz CT molecular complexity index is 892. The highest BCUT2D eigenvalue weighted by Gasteiger charge is 2.19. The van der Waals surface area contributed by atoms with Gasteiger partial charge in [0.05, 0.1) is 0 Å². The molecule has 0 aliphatic carbocycles. The monoisotopic (exact) mass is 380 g/mol. The zero-order valence-corrected chi connectivity index (χ0v) is 16.1. The number of hydrogen-bond donors (Lipinski definition) is 0. The van der Waals surface area contributed by atoms with Crippen LogP contribution in [0.15, 0.2) is 59.1 Å². The first-order valence-electron chi connectivity index (χ1n) is 9.42. The molecule has 0 spiro atoms. The van der Waals surface area contributed by atoms with Gasteiger partial charge >= 0.3 is 5.97 Å². The highest BCUT2D eigenvalue weighted by atomic mass is 16.6. The van der Waals surface area contributed by atoms with Crippen LogP contribution in [0.25, 0.3) is 0 Å². The topological polar surface area (TPSA) is 74.5 Å². The Balaban J connectivity index is 1.55. The number of nitrogens with zero attached hydrogens (tertiary/aromatic N) is 2. The number of para-hydroxylation sites is 1. The van der Waals surface area contributed by atoms with E-state index in [1.165, 1.54) is 5.56 Å². The molecule has 1 unspecified atom stereocenters. The normalized spacial score (nSPS) is 11.8. The third kappa shape index (κ3) is 5.42. The molecule has 6 heteroatoms. The van der Waals surface area contributed by atoms with Gasteiger partial charge in [0.1, 0.15) is 5.75 Å². The van der Waals surface area contributed by atoms with Crippen molar-refractivity contribution >= 4 is 5.97 Å². The third-order valence-corrected chi connectivity index (χ3v) is 4.17. The maximum atomic E-state index is 12.2. The Hall–Kier alpha value is -3.15. The number of rotatable bonds is 9. The average Bonchev–Trinajstić information content (AvgIpc) is 3.17. The number of carbonyl (C=O) groups excluding carboxylic acids is 1. The molecule has 0 amide bonds. The molecule has 1 heterocycles. The van der Waals surface area contributed by atoms with Gasteiger partial charge < -0.3 is 14.0 Å². The minimum atomic E-state index is -0.617. The molecule has 146 valence electrons. The molecule has 0 fully saturated rings. The van der Waals surface area contributed by atoms with Gasteiger partial charge in [-0.25, -0.2) is 4.79 Å². The Labute approximate surface area is 164 Å². The number of aryl methyl sites for hydroxylation is 1. The van der Waals surface area contributed by atoms with Gasteiger partial charge in [0.25, 0.3) is 5.89 Å². The molecule has 0 bridgehead atoms. The maximum Gasteiger partial charge on any atom is 0.344 e. The van der Waals surface area contributed by atoms with E-state index in [2.05, 4.69) is 22.3 Å². The van der Waals surface area contributed by atoms with Crippen molar-refractivity contribution in [1.29, 1.82) is 0 Å². The fraction of sp³-hybridized carbons (Fsp3) is 0.318. The van der Waals surface area contributed by atoms with Crippen molar-refractivity contribution in [1.82, 2.24) is 10.1 Å². The summed E-state index contributed by atoms with van der Waals surface area (Å²) < 4.78 is 16.2. The van der Waals surface area contributed by atoms with Crippen molar-refractivity contribution in [2.45, 2.75) is 39.2 Å². The molecule has 28 heavy (non-hydrogen) atoms. The van der Waals surface area contributed by atoms with Crippen molar-refractivity contribution in [2.75, 3.05) is 6.61 Å². The van der Waals surface area contributed by atoms with Crippen LogP contribution in [-0.2, 0) is 22.4 Å². The number of ether oxygens (including phenoxy) is 2. The molecule has 0 radical (unpaired) electrons. The largest absolute Gasteiger partial charge is 0.482 e. The standard InChI is InChI=1S/C22H24N2O4/c1-3-9-20-23-22(28-24-20)16(2)27-21(25)15-26-19-13-8-7-12-18(19)14-17-10-5-4-6-11-17/h4-8,10-13,16H,3,9,14-15H2,1-2H3. The molecule has 1 atom stereocenters. The van der Waals surface area contributed by atoms with Crippen LogP contribution in [0, 0.1) is 0 Å². The number of aromatic nitrogens is 2. The van der Waals surface area contributed by atoms with E-state index in [1.54, 1.807) is 6.92 Å². The van der Waals surface area contributed by atoms with E-state index in [0.29, 0.717) is 17.5 Å². The van der Waals surface area contributed by atoms with Crippen molar-refractivity contribution in [3.63, 3.8) is 0 Å². The molecule has 3 aromatic rings. The summed E-state index contributed by atoms with van der Waals surface area (Å²) in [7, 11) is 0. The first kappa shape index (κ1) is 19.6. The van der Waals surface area contributed by atoms with Gasteiger partial charge in [0.2, 0.25) is 0 Å². The fourth-order valence-electron chi connectivity index (χ4n) is 2.78. The van der Waals surface area contributed by atoms with Crippen molar-refractivity contribution in [2.24, 2.45) is 0 Å². The summed E-state index contributed by atoms with van der Waals surface area (Å²) in [5.74, 6) is 1.09. The molecular weight excluding hydrogens is 356 g/mol. The van der Waals surface area contributed by atoms with E-state index in [1.807, 2.05) is 49.4 Å². The Morgan fingerprint density at radius 2 is 1.86 bits per heavy atom. The number of benzene rings is 2. The second kappa shape index (κ2) is 9.69. The summed E-state index contributed by atoms with van der Waals surface area (Å²) in [6.07, 6.45) is 1.76. The predicted molar refractivity (Wildman–Crippen MR) is 104 cm³/mol. The van der Waals surface area contributed by atoms with E-state index in [-0.39, 0.29) is 6.61 Å². The minimum Gasteiger partial charge on any atom is -0.482 e. The van der Waals surface area contributed by atoms with Crippen LogP contribution in [0.4, 0.5) is 0 Å². The zero-order chi connectivity index (χ0) is 19.8. The van der Waals surface area contributed by atoms with Gasteiger partial charge in [-0.15, -0.1) is 0 Å². The number of carbonyl (C=O) groups is 1. The summed E-state index contributed by atoms with van der Waals surface area (Å²) in [6, 6.07) is 17.8. The van der Waals surface area contributed by atoms with Gasteiger partial charge in [-0.1, -0.05) is 60.6 Å². The van der Waals surface area contributed by atoms with Crippen LogP contribution in [0.1, 0.15) is 49.2 Å². The van der Waals surface area contributed by atoms with Crippen molar-refractivity contribution in [3.8, 4) is 5.75 Å². The van der Waals surface area contributed by atoms with E-state index < -0.39 is 12.1 Å². The zero-order valence-electron chi connectivity index (χ0n) is 16.1. The lowest BCUT2D eigenvalue weighted by atomic mass is 10.0. The molecule has 0 aliphatic heterocycles. The van der Waals surface area contributed by atoms with Gasteiger partial charge in [-0.3, -0.25) is 0 Å². The van der Waals surface area contributed by atoms with E-state index in [9.17, 15) is 4.79 Å². The Kier molecular flexibility index (Phi) is 6.78. The summed E-state index contributed by atoms with van der Waals surface area (Å²) in [5, 5.41) is 3.87. The molecule has 0 saturated heterocycles. The summed E-state index contributed by atoms with van der Waals surface area (Å²) >= 11 is 0. The lowest BCUT2D eigenvalue weighted by molar-refractivity contribution is -0.152. The Morgan fingerprint density at radius 3 is 2.64 bits per heavy atom. The SMILES string of the molecule is CCCc1noc(C(C)OC(=O)COc2ccccc2Cc2ccccc2)n1. The van der Waals surface area contributed by atoms with Gasteiger partial charge in [-0.2, -0.15) is 4.98 Å². The van der Waals surface area contributed by atoms with E-state index in [0.717, 1.165) is 24.8 Å². The minimum absolute atomic E-state index is 0.188. The molecule has 2 aromatic carbocycles. The Morgan fingerprint density at radius 1 is 1.11 bits per heavy atom. The molecule has 1 aromatic heterocycles. The molecule has 0 N–H and O–H groups in total. The smallest absolute Gasteiger partial charge is 0.344 e. The molecule has 6 nitrogen and oxygen atoms in total. The van der Waals surface area contributed by atoms with Crippen molar-refractivity contribution in [3.05, 3.63) is 77.4 Å². The van der Waals surface area contributed by atoms with E-state index in [4.69, 9.17) is 14.0 Å². The van der Waals surface area contributed by atoms with Crippen LogP contribution in [0.5, 0.6) is 5.75 Å².